The minimum Gasteiger partial charge on any atom is -0.403 e. The first-order chi connectivity index (χ1) is 9.36. The number of ether oxygens (including phenoxy) is 1. The van der Waals surface area contributed by atoms with Crippen LogP contribution in [0.15, 0.2) is 12.1 Å². The van der Waals surface area contributed by atoms with Crippen LogP contribution in [0, 0.1) is 11.7 Å². The van der Waals surface area contributed by atoms with Gasteiger partial charge in [-0.25, -0.2) is 4.39 Å². The summed E-state index contributed by atoms with van der Waals surface area (Å²) in [5.41, 5.74) is -0.554. The van der Waals surface area contributed by atoms with E-state index in [1.54, 1.807) is 0 Å². The fourth-order valence-electron chi connectivity index (χ4n) is 1.65. The molecule has 5 heteroatoms. The van der Waals surface area contributed by atoms with Crippen molar-refractivity contribution in [3.05, 3.63) is 29.1 Å². The third kappa shape index (κ3) is 2.70. The maximum atomic E-state index is 14.1. The molecule has 0 bridgehead atoms. The van der Waals surface area contributed by atoms with Gasteiger partial charge in [0, 0.05) is 5.48 Å². The lowest BCUT2D eigenvalue weighted by molar-refractivity contribution is -0.275. The van der Waals surface area contributed by atoms with E-state index in [2.05, 4.69) is 4.74 Å². The van der Waals surface area contributed by atoms with Crippen molar-refractivity contribution in [1.82, 2.24) is 0 Å². The van der Waals surface area contributed by atoms with Crippen LogP contribution >= 0.6 is 0 Å². The number of fused-ring (bicyclic) bond motifs is 1. The molecule has 17 heavy (non-hydrogen) atoms. The maximum absolute atomic E-state index is 14.1. The Morgan fingerprint density at radius 1 is 1.41 bits per heavy atom. The number of rotatable bonds is 1. The minimum atomic E-state index is -5.07. The fraction of sp³-hybridized carbons (Fsp3) is 0.500. The van der Waals surface area contributed by atoms with E-state index in [4.69, 9.17) is 5.48 Å². The molecule has 2 rings (SSSR count). The molecule has 0 heterocycles. The van der Waals surface area contributed by atoms with Gasteiger partial charge in [-0.15, -0.1) is 13.2 Å². The minimum absolute atomic E-state index is 0.142. The Labute approximate surface area is 102 Å². The molecule has 1 aromatic rings. The van der Waals surface area contributed by atoms with Crippen LogP contribution in [-0.4, -0.2) is 6.36 Å². The van der Waals surface area contributed by atoms with E-state index in [1.807, 2.05) is 0 Å². The van der Waals surface area contributed by atoms with Crippen molar-refractivity contribution in [3.63, 3.8) is 0 Å². The summed E-state index contributed by atoms with van der Waals surface area (Å²) in [6.45, 7) is 1.35. The summed E-state index contributed by atoms with van der Waals surface area (Å²) in [4.78, 5) is 0. The van der Waals surface area contributed by atoms with Crippen LogP contribution in [0.3, 0.4) is 0 Å². The third-order valence-electron chi connectivity index (χ3n) is 2.39. The molecule has 1 aliphatic rings. The van der Waals surface area contributed by atoms with Gasteiger partial charge in [0.15, 0.2) is 11.6 Å². The van der Waals surface area contributed by atoms with Crippen LogP contribution in [0.1, 0.15) is 29.9 Å². The molecule has 1 aromatic carbocycles. The van der Waals surface area contributed by atoms with Crippen LogP contribution < -0.4 is 4.74 Å². The van der Waals surface area contributed by atoms with Crippen LogP contribution in [-0.2, 0) is 12.8 Å². The second kappa shape index (κ2) is 4.20. The number of hydrogen-bond acceptors (Lipinski definition) is 1. The molecule has 0 spiro atoms. The van der Waals surface area contributed by atoms with Crippen LogP contribution in [0.5, 0.6) is 5.75 Å². The molecular weight excluding hydrogens is 236 g/mol. The zero-order valence-electron chi connectivity index (χ0n) is 12.9. The molecule has 0 saturated carbocycles. The van der Waals surface area contributed by atoms with Crippen molar-refractivity contribution in [3.8, 4) is 5.75 Å². The first-order valence-electron chi connectivity index (χ1n) is 6.94. The molecule has 1 unspecified atom stereocenters. The van der Waals surface area contributed by atoms with E-state index in [0.29, 0.717) is 6.07 Å². The van der Waals surface area contributed by atoms with Gasteiger partial charge >= 0.3 is 6.36 Å². The molecule has 0 N–H and O–H groups in total. The van der Waals surface area contributed by atoms with E-state index in [0.717, 1.165) is 6.07 Å². The zero-order chi connectivity index (χ0) is 16.2. The zero-order valence-corrected chi connectivity index (χ0v) is 8.86. The Balaban J connectivity index is 2.57. The first-order valence-corrected chi connectivity index (χ1v) is 4.94. The van der Waals surface area contributed by atoms with Gasteiger partial charge in [-0.3, -0.25) is 0 Å². The second-order valence-corrected chi connectivity index (χ2v) is 3.70. The third-order valence-corrected chi connectivity index (χ3v) is 2.39. The van der Waals surface area contributed by atoms with E-state index >= 15 is 0 Å². The number of halogens is 4. The van der Waals surface area contributed by atoms with Gasteiger partial charge in [0.05, 0.1) is 0 Å². The Bertz CT molecular complexity index is 571. The van der Waals surface area contributed by atoms with Gasteiger partial charge in [0.25, 0.3) is 0 Å². The number of benzene rings is 1. The van der Waals surface area contributed by atoms with E-state index < -0.39 is 48.6 Å². The lowest BCUT2D eigenvalue weighted by atomic mass is 9.84. The summed E-state index contributed by atoms with van der Waals surface area (Å²) in [7, 11) is 0. The number of alkyl halides is 3. The summed E-state index contributed by atoms with van der Waals surface area (Å²) in [6, 6.07) is 1.73. The Morgan fingerprint density at radius 2 is 2.12 bits per heavy atom. The van der Waals surface area contributed by atoms with Crippen molar-refractivity contribution in [2.45, 2.75) is 32.5 Å². The Kier molecular flexibility index (Phi) is 1.96. The van der Waals surface area contributed by atoms with Crippen LogP contribution in [0.25, 0.3) is 0 Å². The average Bonchev–Trinajstić information content (AvgIpc) is 2.29. The van der Waals surface area contributed by atoms with Gasteiger partial charge in [-0.1, -0.05) is 13.0 Å². The molecule has 1 nitrogen and oxygen atoms in total. The highest BCUT2D eigenvalue weighted by atomic mass is 19.4. The van der Waals surface area contributed by atoms with Crippen molar-refractivity contribution in [2.75, 3.05) is 0 Å². The van der Waals surface area contributed by atoms with E-state index in [1.165, 1.54) is 6.92 Å². The molecular formula is C12H12F4O. The SMILES string of the molecule is [2H]C1([2H])Cc2c(ccc(OC(F)(F)F)c2F)C([2H])([2H])C1C. The topological polar surface area (TPSA) is 9.23 Å². The number of hydrogen-bond donors (Lipinski definition) is 0. The molecule has 0 aromatic heterocycles. The summed E-state index contributed by atoms with van der Waals surface area (Å²) in [5, 5.41) is 0. The highest BCUT2D eigenvalue weighted by Crippen LogP contribution is 2.34. The molecule has 0 amide bonds. The predicted molar refractivity (Wildman–Crippen MR) is 54.3 cm³/mol. The highest BCUT2D eigenvalue weighted by molar-refractivity contribution is 5.39. The molecule has 94 valence electrons. The molecule has 0 aliphatic heterocycles. The highest BCUT2D eigenvalue weighted by Gasteiger charge is 2.33. The summed E-state index contributed by atoms with van der Waals surface area (Å²) >= 11 is 0. The predicted octanol–water partition coefficient (Wildman–Crippen LogP) is 3.85. The summed E-state index contributed by atoms with van der Waals surface area (Å²) < 4.78 is 85.6. The van der Waals surface area contributed by atoms with E-state index in [-0.39, 0.29) is 5.56 Å². The Hall–Kier alpha value is -1.26. The fourth-order valence-corrected chi connectivity index (χ4v) is 1.65. The lowest BCUT2D eigenvalue weighted by Gasteiger charge is -2.23. The quantitative estimate of drug-likeness (QED) is 0.690. The maximum Gasteiger partial charge on any atom is 0.573 e. The first kappa shape index (κ1) is 7.95. The van der Waals surface area contributed by atoms with Gasteiger partial charge < -0.3 is 4.74 Å². The second-order valence-electron chi connectivity index (χ2n) is 3.70. The molecule has 1 atom stereocenters. The van der Waals surface area contributed by atoms with Crippen molar-refractivity contribution >= 4 is 0 Å². The average molecular weight is 252 g/mol. The van der Waals surface area contributed by atoms with Crippen molar-refractivity contribution in [2.24, 2.45) is 5.92 Å². The standard InChI is InChI=1S/C12H12F4O/c1-7-2-4-9-8(6-7)3-5-10(11(9)13)17-12(14,15)16/h3,5,7H,2,4,6H2,1H3/i2D2,6D2. The molecule has 0 radical (unpaired) electrons. The van der Waals surface area contributed by atoms with E-state index in [9.17, 15) is 17.6 Å². The van der Waals surface area contributed by atoms with Gasteiger partial charge in [0.1, 0.15) is 0 Å². The van der Waals surface area contributed by atoms with Crippen LogP contribution in [0.2, 0.25) is 0 Å². The van der Waals surface area contributed by atoms with Gasteiger partial charge in [-0.05, 0) is 42.3 Å². The smallest absolute Gasteiger partial charge is 0.403 e. The largest absolute Gasteiger partial charge is 0.573 e. The Morgan fingerprint density at radius 3 is 2.76 bits per heavy atom. The normalized spacial score (nSPS) is 29.4. The van der Waals surface area contributed by atoms with Gasteiger partial charge in [0.2, 0.25) is 0 Å². The van der Waals surface area contributed by atoms with Crippen LogP contribution in [0.4, 0.5) is 17.6 Å². The summed E-state index contributed by atoms with van der Waals surface area (Å²) in [5.74, 6) is -3.52. The van der Waals surface area contributed by atoms with Gasteiger partial charge in [-0.2, -0.15) is 0 Å². The van der Waals surface area contributed by atoms with Crippen molar-refractivity contribution < 1.29 is 27.8 Å². The monoisotopic (exact) mass is 252 g/mol. The molecule has 0 fully saturated rings. The molecule has 0 saturated heterocycles. The molecule has 1 aliphatic carbocycles. The van der Waals surface area contributed by atoms with Crippen molar-refractivity contribution in [1.29, 1.82) is 0 Å². The summed E-state index contributed by atoms with van der Waals surface area (Å²) in [6.07, 6.45) is -9.85. The lowest BCUT2D eigenvalue weighted by Crippen LogP contribution is -2.20.